The maximum Gasteiger partial charge on any atom is 0.234 e. The molecule has 0 aromatic heterocycles. The fourth-order valence-corrected chi connectivity index (χ4v) is 4.39. The quantitative estimate of drug-likeness (QED) is 0.706. The van der Waals surface area contributed by atoms with Gasteiger partial charge < -0.3 is 0 Å². The molecule has 1 aromatic carbocycles. The monoisotopic (exact) mass is 349 g/mol. The van der Waals surface area contributed by atoms with E-state index in [-0.39, 0.29) is 17.2 Å². The number of amides is 2. The number of rotatable bonds is 1. The fourth-order valence-electron chi connectivity index (χ4n) is 3.79. The van der Waals surface area contributed by atoms with Gasteiger partial charge in [0, 0.05) is 17.3 Å². The molecule has 1 saturated carbocycles. The topological polar surface area (TPSA) is 37.4 Å². The summed E-state index contributed by atoms with van der Waals surface area (Å²) in [5.74, 6) is -0.0729. The number of nitrogens with zero attached hydrogens (tertiary/aromatic N) is 1. The van der Waals surface area contributed by atoms with Crippen LogP contribution < -0.4 is 4.90 Å². The van der Waals surface area contributed by atoms with Crippen molar-refractivity contribution in [2.45, 2.75) is 51.9 Å². The lowest BCUT2D eigenvalue weighted by atomic mass is 9.67. The number of hydrogen-bond donors (Lipinski definition) is 0. The van der Waals surface area contributed by atoms with Crippen LogP contribution in [0.1, 0.15) is 50.5 Å². The van der Waals surface area contributed by atoms with Gasteiger partial charge in [0.15, 0.2) is 0 Å². The summed E-state index contributed by atoms with van der Waals surface area (Å²) < 4.78 is 0.899. The summed E-state index contributed by atoms with van der Waals surface area (Å²) in [7, 11) is 0. The zero-order chi connectivity index (χ0) is 15.0. The van der Waals surface area contributed by atoms with Crippen LogP contribution in [0.3, 0.4) is 0 Å². The van der Waals surface area contributed by atoms with E-state index in [1.807, 2.05) is 25.1 Å². The number of imide groups is 1. The zero-order valence-electron chi connectivity index (χ0n) is 12.3. The van der Waals surface area contributed by atoms with Crippen LogP contribution in [0.25, 0.3) is 0 Å². The van der Waals surface area contributed by atoms with Crippen LogP contribution in [0, 0.1) is 12.3 Å². The Bertz CT molecular complexity index is 550. The van der Waals surface area contributed by atoms with Crippen LogP contribution in [-0.4, -0.2) is 11.8 Å². The van der Waals surface area contributed by atoms with Gasteiger partial charge in [-0.15, -0.1) is 0 Å². The smallest absolute Gasteiger partial charge is 0.234 e. The summed E-state index contributed by atoms with van der Waals surface area (Å²) in [6, 6.07) is 5.73. The van der Waals surface area contributed by atoms with Gasteiger partial charge in [0.05, 0.1) is 5.69 Å². The second-order valence-corrected chi connectivity index (χ2v) is 7.44. The van der Waals surface area contributed by atoms with Gasteiger partial charge in [-0.1, -0.05) is 35.2 Å². The summed E-state index contributed by atoms with van der Waals surface area (Å²) in [5.41, 5.74) is 1.68. The highest BCUT2D eigenvalue weighted by molar-refractivity contribution is 9.10. The Balaban J connectivity index is 1.88. The average Bonchev–Trinajstić information content (AvgIpc) is 2.37. The van der Waals surface area contributed by atoms with E-state index in [1.54, 1.807) is 0 Å². The summed E-state index contributed by atoms with van der Waals surface area (Å²) in [5, 5.41) is 0. The molecule has 0 unspecified atom stereocenters. The third-order valence-corrected chi connectivity index (χ3v) is 5.21. The number of anilines is 1. The predicted molar refractivity (Wildman–Crippen MR) is 86.1 cm³/mol. The molecule has 3 rings (SSSR count). The maximum absolute atomic E-state index is 12.6. The Kier molecular flexibility index (Phi) is 3.91. The molecule has 3 nitrogen and oxygen atoms in total. The Morgan fingerprint density at radius 1 is 1.00 bits per heavy atom. The van der Waals surface area contributed by atoms with Gasteiger partial charge in [0.25, 0.3) is 0 Å². The van der Waals surface area contributed by atoms with Crippen molar-refractivity contribution >= 4 is 33.4 Å². The highest BCUT2D eigenvalue weighted by Crippen LogP contribution is 2.46. The standard InChI is InChI=1S/C17H20BrNO2/c1-12-7-13(18)9-14(8-12)19-15(20)10-17(11-16(19)21)5-3-2-4-6-17/h7-9H,2-6,10-11H2,1H3. The first-order valence-electron chi connectivity index (χ1n) is 7.62. The first-order valence-corrected chi connectivity index (χ1v) is 8.41. The maximum atomic E-state index is 12.6. The second kappa shape index (κ2) is 5.56. The molecule has 2 aliphatic rings. The SMILES string of the molecule is Cc1cc(Br)cc(N2C(=O)CC3(CCCCC3)CC2=O)c1. The molecule has 2 fully saturated rings. The average molecular weight is 350 g/mol. The Morgan fingerprint density at radius 2 is 1.62 bits per heavy atom. The summed E-state index contributed by atoms with van der Waals surface area (Å²) in [4.78, 5) is 26.6. The molecule has 0 N–H and O–H groups in total. The number of carbonyl (C=O) groups is 2. The Morgan fingerprint density at radius 3 is 2.19 bits per heavy atom. The lowest BCUT2D eigenvalue weighted by molar-refractivity contribution is -0.134. The number of halogens is 1. The van der Waals surface area contributed by atoms with Crippen LogP contribution in [0.15, 0.2) is 22.7 Å². The van der Waals surface area contributed by atoms with E-state index in [0.717, 1.165) is 35.7 Å². The van der Waals surface area contributed by atoms with Crippen molar-refractivity contribution in [3.05, 3.63) is 28.2 Å². The number of hydrogen-bond acceptors (Lipinski definition) is 2. The van der Waals surface area contributed by atoms with E-state index in [0.29, 0.717) is 18.5 Å². The van der Waals surface area contributed by atoms with Crippen LogP contribution in [-0.2, 0) is 9.59 Å². The van der Waals surface area contributed by atoms with Crippen LogP contribution >= 0.6 is 15.9 Å². The minimum atomic E-state index is -0.0516. The molecule has 0 radical (unpaired) electrons. The van der Waals surface area contributed by atoms with Crippen molar-refractivity contribution in [2.75, 3.05) is 4.90 Å². The van der Waals surface area contributed by atoms with Crippen molar-refractivity contribution in [3.63, 3.8) is 0 Å². The third-order valence-electron chi connectivity index (χ3n) is 4.75. The molecule has 21 heavy (non-hydrogen) atoms. The minimum Gasteiger partial charge on any atom is -0.274 e. The molecule has 1 aromatic rings. The van der Waals surface area contributed by atoms with E-state index < -0.39 is 0 Å². The summed E-state index contributed by atoms with van der Waals surface area (Å²) in [6.07, 6.45) is 6.62. The van der Waals surface area contributed by atoms with E-state index in [1.165, 1.54) is 11.3 Å². The Hall–Kier alpha value is -1.16. The second-order valence-electron chi connectivity index (χ2n) is 6.52. The van der Waals surface area contributed by atoms with Crippen LogP contribution in [0.2, 0.25) is 0 Å². The minimum absolute atomic E-state index is 0.0364. The molecule has 1 saturated heterocycles. The van der Waals surface area contributed by atoms with Crippen LogP contribution in [0.5, 0.6) is 0 Å². The first-order chi connectivity index (χ1) is 9.99. The first kappa shape index (κ1) is 14.8. The third kappa shape index (κ3) is 2.91. The number of aryl methyl sites for hydroxylation is 1. The number of piperidine rings is 1. The van der Waals surface area contributed by atoms with Gasteiger partial charge in [-0.05, 0) is 48.9 Å². The highest BCUT2D eigenvalue weighted by Gasteiger charge is 2.44. The van der Waals surface area contributed by atoms with Crippen molar-refractivity contribution in [1.82, 2.24) is 0 Å². The molecule has 1 aliphatic heterocycles. The van der Waals surface area contributed by atoms with Gasteiger partial charge in [-0.3, -0.25) is 14.5 Å². The molecular formula is C17H20BrNO2. The van der Waals surface area contributed by atoms with Gasteiger partial charge in [-0.25, -0.2) is 0 Å². The molecule has 1 aliphatic carbocycles. The molecule has 4 heteroatoms. The van der Waals surface area contributed by atoms with Gasteiger partial charge >= 0.3 is 0 Å². The summed E-state index contributed by atoms with van der Waals surface area (Å²) in [6.45, 7) is 1.97. The van der Waals surface area contributed by atoms with Crippen molar-refractivity contribution < 1.29 is 9.59 Å². The zero-order valence-corrected chi connectivity index (χ0v) is 13.9. The molecule has 112 valence electrons. The van der Waals surface area contributed by atoms with Crippen LogP contribution in [0.4, 0.5) is 5.69 Å². The highest BCUT2D eigenvalue weighted by atomic mass is 79.9. The van der Waals surface area contributed by atoms with Crippen molar-refractivity contribution in [3.8, 4) is 0 Å². The van der Waals surface area contributed by atoms with E-state index in [9.17, 15) is 9.59 Å². The normalized spacial score (nSPS) is 21.9. The van der Waals surface area contributed by atoms with Crippen molar-refractivity contribution in [1.29, 1.82) is 0 Å². The van der Waals surface area contributed by atoms with E-state index >= 15 is 0 Å². The van der Waals surface area contributed by atoms with E-state index in [2.05, 4.69) is 15.9 Å². The lowest BCUT2D eigenvalue weighted by Crippen LogP contribution is -2.48. The van der Waals surface area contributed by atoms with Gasteiger partial charge in [0.1, 0.15) is 0 Å². The largest absolute Gasteiger partial charge is 0.274 e. The molecule has 0 atom stereocenters. The molecule has 1 heterocycles. The fraction of sp³-hybridized carbons (Fsp3) is 0.529. The molecule has 0 bridgehead atoms. The van der Waals surface area contributed by atoms with Gasteiger partial charge in [-0.2, -0.15) is 0 Å². The predicted octanol–water partition coefficient (Wildman–Crippen LogP) is 4.36. The number of carbonyl (C=O) groups excluding carboxylic acids is 2. The number of benzene rings is 1. The lowest BCUT2D eigenvalue weighted by Gasteiger charge is -2.42. The molecule has 1 spiro atoms. The van der Waals surface area contributed by atoms with Crippen molar-refractivity contribution in [2.24, 2.45) is 5.41 Å². The van der Waals surface area contributed by atoms with Gasteiger partial charge in [0.2, 0.25) is 11.8 Å². The Labute approximate surface area is 133 Å². The summed E-state index contributed by atoms with van der Waals surface area (Å²) >= 11 is 3.44. The van der Waals surface area contributed by atoms with E-state index in [4.69, 9.17) is 0 Å². The molecular weight excluding hydrogens is 330 g/mol. The molecule has 2 amide bonds.